The van der Waals surface area contributed by atoms with Gasteiger partial charge in [0.15, 0.2) is 0 Å². The monoisotopic (exact) mass is 383 g/mol. The average molecular weight is 384 g/mol. The summed E-state index contributed by atoms with van der Waals surface area (Å²) in [7, 11) is 2.16. The van der Waals surface area contributed by atoms with Crippen molar-refractivity contribution in [1.29, 1.82) is 0 Å². The maximum atomic E-state index is 12.7. The first kappa shape index (κ1) is 20.4. The Balaban J connectivity index is 1.70. The van der Waals surface area contributed by atoms with Crippen molar-refractivity contribution in [3.05, 3.63) is 47.7 Å². The third-order valence-corrected chi connectivity index (χ3v) is 6.03. The number of urea groups is 1. The van der Waals surface area contributed by atoms with Gasteiger partial charge in [-0.2, -0.15) is 5.10 Å². The van der Waals surface area contributed by atoms with Gasteiger partial charge in [0.05, 0.1) is 11.7 Å². The molecule has 6 heteroatoms. The van der Waals surface area contributed by atoms with Crippen molar-refractivity contribution in [2.24, 2.45) is 0 Å². The molecule has 152 valence electrons. The van der Waals surface area contributed by atoms with Gasteiger partial charge in [0.2, 0.25) is 0 Å². The zero-order valence-corrected chi connectivity index (χ0v) is 17.5. The molecule has 1 aromatic heterocycles. The van der Waals surface area contributed by atoms with E-state index < -0.39 is 0 Å². The molecule has 2 amide bonds. The van der Waals surface area contributed by atoms with Crippen LogP contribution in [0.2, 0.25) is 0 Å². The van der Waals surface area contributed by atoms with Gasteiger partial charge in [-0.25, -0.2) is 9.48 Å². The summed E-state index contributed by atoms with van der Waals surface area (Å²) >= 11 is 0. The van der Waals surface area contributed by atoms with Gasteiger partial charge in [0.1, 0.15) is 5.82 Å². The fourth-order valence-electron chi connectivity index (χ4n) is 3.93. The van der Waals surface area contributed by atoms with Crippen molar-refractivity contribution >= 4 is 11.8 Å². The van der Waals surface area contributed by atoms with Crippen molar-refractivity contribution in [1.82, 2.24) is 20.0 Å². The van der Waals surface area contributed by atoms with E-state index >= 15 is 0 Å². The first-order valence-corrected chi connectivity index (χ1v) is 10.3. The number of piperidine rings is 1. The number of benzene rings is 1. The number of hydrogen-bond donors (Lipinski definition) is 2. The smallest absolute Gasteiger partial charge is 0.320 e. The van der Waals surface area contributed by atoms with E-state index in [1.807, 2.05) is 23.7 Å². The Morgan fingerprint density at radius 3 is 2.57 bits per heavy atom. The topological polar surface area (TPSA) is 62.2 Å². The van der Waals surface area contributed by atoms with Crippen LogP contribution in [0.5, 0.6) is 0 Å². The summed E-state index contributed by atoms with van der Waals surface area (Å²) in [6.07, 6.45) is 3.04. The number of likely N-dealkylation sites (tertiary alicyclic amines) is 1. The lowest BCUT2D eigenvalue weighted by Gasteiger charge is -2.41. The zero-order valence-electron chi connectivity index (χ0n) is 17.5. The van der Waals surface area contributed by atoms with E-state index in [0.717, 1.165) is 43.9 Å². The van der Waals surface area contributed by atoms with Gasteiger partial charge >= 0.3 is 6.03 Å². The van der Waals surface area contributed by atoms with Crippen LogP contribution in [0, 0.1) is 6.92 Å². The predicted octanol–water partition coefficient (Wildman–Crippen LogP) is 3.95. The van der Waals surface area contributed by atoms with Crippen molar-refractivity contribution < 1.29 is 4.79 Å². The normalized spacial score (nSPS) is 17.9. The SMILES string of the molecule is CC[C@@H](C)n1nc(C)cc1NC(=O)NCC1(c2ccccc2)CCN(C)CC1. The fourth-order valence-corrected chi connectivity index (χ4v) is 3.93. The maximum absolute atomic E-state index is 12.7. The maximum Gasteiger partial charge on any atom is 0.320 e. The summed E-state index contributed by atoms with van der Waals surface area (Å²) in [6, 6.07) is 12.6. The molecule has 0 aliphatic carbocycles. The first-order chi connectivity index (χ1) is 13.4. The lowest BCUT2D eigenvalue weighted by molar-refractivity contribution is 0.183. The molecular formula is C22H33N5O. The van der Waals surface area contributed by atoms with Crippen molar-refractivity contribution in [3.8, 4) is 0 Å². The molecule has 1 aliphatic heterocycles. The number of carbonyl (C=O) groups is 1. The molecule has 0 bridgehead atoms. The van der Waals surface area contributed by atoms with E-state index in [1.54, 1.807) is 0 Å². The van der Waals surface area contributed by atoms with E-state index in [1.165, 1.54) is 5.56 Å². The number of nitrogens with zero attached hydrogens (tertiary/aromatic N) is 3. The molecular weight excluding hydrogens is 350 g/mol. The summed E-state index contributed by atoms with van der Waals surface area (Å²) in [4.78, 5) is 15.0. The quantitative estimate of drug-likeness (QED) is 0.794. The predicted molar refractivity (Wildman–Crippen MR) is 114 cm³/mol. The Morgan fingerprint density at radius 2 is 1.93 bits per heavy atom. The van der Waals surface area contributed by atoms with E-state index in [9.17, 15) is 4.79 Å². The van der Waals surface area contributed by atoms with Gasteiger partial charge in [0.25, 0.3) is 0 Å². The molecule has 1 aromatic carbocycles. The number of aryl methyl sites for hydroxylation is 1. The minimum absolute atomic E-state index is 0.0159. The number of amides is 2. The van der Waals surface area contributed by atoms with Crippen LogP contribution in [-0.4, -0.2) is 47.4 Å². The Labute approximate surface area is 168 Å². The summed E-state index contributed by atoms with van der Waals surface area (Å²) in [5.74, 6) is 0.751. The summed E-state index contributed by atoms with van der Waals surface area (Å²) in [6.45, 7) is 8.89. The number of carbonyl (C=O) groups excluding carboxylic acids is 1. The van der Waals surface area contributed by atoms with Crippen LogP contribution in [0.3, 0.4) is 0 Å². The van der Waals surface area contributed by atoms with Crippen molar-refractivity contribution in [2.75, 3.05) is 32.0 Å². The summed E-state index contributed by atoms with van der Waals surface area (Å²) in [5, 5.41) is 10.7. The fraction of sp³-hybridized carbons (Fsp3) is 0.545. The molecule has 0 spiro atoms. The lowest BCUT2D eigenvalue weighted by atomic mass is 9.72. The molecule has 1 atom stereocenters. The van der Waals surface area contributed by atoms with Gasteiger partial charge in [0, 0.05) is 18.0 Å². The second-order valence-corrected chi connectivity index (χ2v) is 8.13. The molecule has 28 heavy (non-hydrogen) atoms. The molecule has 2 N–H and O–H groups in total. The van der Waals surface area contributed by atoms with Crippen LogP contribution in [0.15, 0.2) is 36.4 Å². The third-order valence-electron chi connectivity index (χ3n) is 6.03. The highest BCUT2D eigenvalue weighted by Gasteiger charge is 2.35. The third kappa shape index (κ3) is 4.55. The standard InChI is InChI=1S/C22H33N5O/c1-5-18(3)27-20(15-17(2)25-27)24-21(28)23-16-22(11-13-26(4)14-12-22)19-9-7-6-8-10-19/h6-10,15,18H,5,11-14,16H2,1-4H3,(H2,23,24,28)/t18-/m1/s1. The Kier molecular flexibility index (Phi) is 6.39. The molecule has 0 unspecified atom stereocenters. The van der Waals surface area contributed by atoms with Gasteiger partial charge < -0.3 is 10.2 Å². The van der Waals surface area contributed by atoms with E-state index in [0.29, 0.717) is 6.54 Å². The number of nitrogens with one attached hydrogen (secondary N) is 2. The average Bonchev–Trinajstić information content (AvgIpc) is 3.08. The summed E-state index contributed by atoms with van der Waals surface area (Å²) < 4.78 is 1.90. The number of rotatable bonds is 6. The van der Waals surface area contributed by atoms with Crippen LogP contribution in [0.4, 0.5) is 10.6 Å². The molecule has 1 saturated heterocycles. The van der Waals surface area contributed by atoms with Gasteiger partial charge in [-0.15, -0.1) is 0 Å². The lowest BCUT2D eigenvalue weighted by Crippen LogP contribution is -2.48. The van der Waals surface area contributed by atoms with Gasteiger partial charge in [-0.05, 0) is 58.8 Å². The van der Waals surface area contributed by atoms with E-state index in [2.05, 4.69) is 65.8 Å². The van der Waals surface area contributed by atoms with Crippen LogP contribution in [0.1, 0.15) is 50.4 Å². The number of hydrogen-bond acceptors (Lipinski definition) is 3. The highest BCUT2D eigenvalue weighted by atomic mass is 16.2. The van der Waals surface area contributed by atoms with Gasteiger partial charge in [-0.1, -0.05) is 37.3 Å². The van der Waals surface area contributed by atoms with Crippen molar-refractivity contribution in [2.45, 2.75) is 51.5 Å². The van der Waals surface area contributed by atoms with E-state index in [-0.39, 0.29) is 17.5 Å². The molecule has 3 rings (SSSR count). The summed E-state index contributed by atoms with van der Waals surface area (Å²) in [5.41, 5.74) is 2.20. The zero-order chi connectivity index (χ0) is 20.1. The Hall–Kier alpha value is -2.34. The van der Waals surface area contributed by atoms with Crippen molar-refractivity contribution in [3.63, 3.8) is 0 Å². The van der Waals surface area contributed by atoms with E-state index in [4.69, 9.17) is 0 Å². The Bertz CT molecular complexity index is 777. The highest BCUT2D eigenvalue weighted by Crippen LogP contribution is 2.34. The van der Waals surface area contributed by atoms with Gasteiger partial charge in [-0.3, -0.25) is 5.32 Å². The molecule has 1 aliphatic rings. The first-order valence-electron chi connectivity index (χ1n) is 10.3. The second kappa shape index (κ2) is 8.78. The largest absolute Gasteiger partial charge is 0.337 e. The van der Waals surface area contributed by atoms with Crippen LogP contribution < -0.4 is 10.6 Å². The number of anilines is 1. The second-order valence-electron chi connectivity index (χ2n) is 8.13. The highest BCUT2D eigenvalue weighted by molar-refractivity contribution is 5.88. The minimum Gasteiger partial charge on any atom is -0.337 e. The molecule has 2 aromatic rings. The number of aromatic nitrogens is 2. The van der Waals surface area contributed by atoms with Crippen LogP contribution in [-0.2, 0) is 5.41 Å². The Morgan fingerprint density at radius 1 is 1.25 bits per heavy atom. The van der Waals surface area contributed by atoms with Crippen LogP contribution >= 0.6 is 0 Å². The minimum atomic E-state index is -0.168. The molecule has 0 saturated carbocycles. The van der Waals surface area contributed by atoms with Crippen LogP contribution in [0.25, 0.3) is 0 Å². The molecule has 1 fully saturated rings. The molecule has 6 nitrogen and oxygen atoms in total. The molecule has 0 radical (unpaired) electrons. The molecule has 2 heterocycles.